The quantitative estimate of drug-likeness (QED) is 0.635. The van der Waals surface area contributed by atoms with Gasteiger partial charge < -0.3 is 5.32 Å². The third-order valence-electron chi connectivity index (χ3n) is 4.95. The number of hydrogen-bond acceptors (Lipinski definition) is 4. The summed E-state index contributed by atoms with van der Waals surface area (Å²) in [6.45, 7) is 6.61. The standard InChI is InChI=1S/C22H27N3OS/c1-5-18(17-12-10-15(2)11-13-17)23-21(26)14-25(4)16(3)22-24-19-8-6-7-9-20(19)27-22/h6-13,16,18H,5,14H2,1-4H3,(H,23,26)/t16-,18-/m0/s1. The molecule has 0 unspecified atom stereocenters. The molecule has 3 rings (SSSR count). The Morgan fingerprint density at radius 1 is 1.19 bits per heavy atom. The number of rotatable bonds is 7. The lowest BCUT2D eigenvalue weighted by atomic mass is 10.0. The second kappa shape index (κ2) is 8.63. The van der Waals surface area contributed by atoms with E-state index in [1.165, 1.54) is 10.3 Å². The number of aromatic nitrogens is 1. The summed E-state index contributed by atoms with van der Waals surface area (Å²) in [5, 5.41) is 4.21. The van der Waals surface area contributed by atoms with Crippen molar-refractivity contribution in [1.82, 2.24) is 15.2 Å². The van der Waals surface area contributed by atoms with E-state index in [0.717, 1.165) is 22.5 Å². The van der Waals surface area contributed by atoms with E-state index in [2.05, 4.69) is 61.3 Å². The van der Waals surface area contributed by atoms with Crippen LogP contribution in [0.3, 0.4) is 0 Å². The molecule has 0 radical (unpaired) electrons. The molecule has 1 heterocycles. The Morgan fingerprint density at radius 3 is 2.56 bits per heavy atom. The Balaban J connectivity index is 1.62. The smallest absolute Gasteiger partial charge is 0.234 e. The van der Waals surface area contributed by atoms with E-state index in [-0.39, 0.29) is 18.0 Å². The van der Waals surface area contributed by atoms with E-state index in [9.17, 15) is 4.79 Å². The van der Waals surface area contributed by atoms with Gasteiger partial charge in [-0.1, -0.05) is 48.9 Å². The van der Waals surface area contributed by atoms with E-state index >= 15 is 0 Å². The SMILES string of the molecule is CC[C@H](NC(=O)CN(C)[C@@H](C)c1nc2ccccc2s1)c1ccc(C)cc1. The zero-order valence-electron chi connectivity index (χ0n) is 16.4. The summed E-state index contributed by atoms with van der Waals surface area (Å²) < 4.78 is 1.18. The zero-order chi connectivity index (χ0) is 19.4. The van der Waals surface area contributed by atoms with Crippen molar-refractivity contribution in [2.75, 3.05) is 13.6 Å². The number of nitrogens with one attached hydrogen (secondary N) is 1. The highest BCUT2D eigenvalue weighted by atomic mass is 32.1. The predicted octanol–water partition coefficient (Wildman–Crippen LogP) is 4.87. The molecule has 0 bridgehead atoms. The number of benzene rings is 2. The van der Waals surface area contributed by atoms with Gasteiger partial charge in [0.15, 0.2) is 0 Å². The minimum atomic E-state index is 0.0397. The van der Waals surface area contributed by atoms with Gasteiger partial charge >= 0.3 is 0 Å². The fourth-order valence-electron chi connectivity index (χ4n) is 3.08. The first kappa shape index (κ1) is 19.5. The lowest BCUT2D eigenvalue weighted by Gasteiger charge is -2.24. The summed E-state index contributed by atoms with van der Waals surface area (Å²) in [5.41, 5.74) is 3.40. The fraction of sp³-hybridized carbons (Fsp3) is 0.364. The van der Waals surface area contributed by atoms with Crippen molar-refractivity contribution in [1.29, 1.82) is 0 Å². The number of para-hydroxylation sites is 1. The van der Waals surface area contributed by atoms with Crippen molar-refractivity contribution in [2.24, 2.45) is 0 Å². The average Bonchev–Trinajstić information content (AvgIpc) is 3.10. The highest BCUT2D eigenvalue weighted by Crippen LogP contribution is 2.28. The van der Waals surface area contributed by atoms with Crippen molar-refractivity contribution in [2.45, 2.75) is 39.3 Å². The first-order valence-corrected chi connectivity index (χ1v) is 10.2. The number of nitrogens with zero attached hydrogens (tertiary/aromatic N) is 2. The maximum atomic E-state index is 12.6. The number of fused-ring (bicyclic) bond motifs is 1. The summed E-state index contributed by atoms with van der Waals surface area (Å²) in [6.07, 6.45) is 0.867. The van der Waals surface area contributed by atoms with Gasteiger partial charge in [-0.25, -0.2) is 4.98 Å². The van der Waals surface area contributed by atoms with E-state index in [1.54, 1.807) is 11.3 Å². The number of amides is 1. The van der Waals surface area contributed by atoms with E-state index in [1.807, 2.05) is 25.2 Å². The van der Waals surface area contributed by atoms with Gasteiger partial charge in [-0.3, -0.25) is 9.69 Å². The molecule has 1 N–H and O–H groups in total. The van der Waals surface area contributed by atoms with Crippen molar-refractivity contribution in [3.05, 3.63) is 64.7 Å². The van der Waals surface area contributed by atoms with Crippen LogP contribution in [0.25, 0.3) is 10.2 Å². The van der Waals surface area contributed by atoms with Gasteiger partial charge in [0.05, 0.1) is 28.8 Å². The second-order valence-electron chi connectivity index (χ2n) is 7.05. The van der Waals surface area contributed by atoms with Crippen LogP contribution in [-0.2, 0) is 4.79 Å². The van der Waals surface area contributed by atoms with Gasteiger partial charge in [-0.05, 0) is 45.0 Å². The minimum Gasteiger partial charge on any atom is -0.348 e. The Kier molecular flexibility index (Phi) is 6.24. The van der Waals surface area contributed by atoms with Gasteiger partial charge in [0.25, 0.3) is 0 Å². The van der Waals surface area contributed by atoms with Crippen molar-refractivity contribution in [3.8, 4) is 0 Å². The molecule has 142 valence electrons. The van der Waals surface area contributed by atoms with Crippen molar-refractivity contribution in [3.63, 3.8) is 0 Å². The maximum absolute atomic E-state index is 12.6. The van der Waals surface area contributed by atoms with Crippen LogP contribution in [0.1, 0.15) is 48.5 Å². The van der Waals surface area contributed by atoms with E-state index in [4.69, 9.17) is 4.98 Å². The number of carbonyl (C=O) groups is 1. The molecule has 0 aliphatic carbocycles. The summed E-state index contributed by atoms with van der Waals surface area (Å²) in [4.78, 5) is 19.4. The van der Waals surface area contributed by atoms with Crippen molar-refractivity contribution >= 4 is 27.5 Å². The Bertz CT molecular complexity index is 870. The number of likely N-dealkylation sites (N-methyl/N-ethyl adjacent to an activating group) is 1. The number of aryl methyl sites for hydroxylation is 1. The molecule has 3 aromatic rings. The number of thiazole rings is 1. The van der Waals surface area contributed by atoms with Crippen molar-refractivity contribution < 1.29 is 4.79 Å². The average molecular weight is 382 g/mol. The normalized spacial score (nSPS) is 13.7. The number of carbonyl (C=O) groups excluding carboxylic acids is 1. The Labute approximate surface area is 165 Å². The molecule has 0 saturated carbocycles. The first-order chi connectivity index (χ1) is 13.0. The predicted molar refractivity (Wildman–Crippen MR) is 113 cm³/mol. The molecule has 5 heteroatoms. The summed E-state index contributed by atoms with van der Waals surface area (Å²) in [5.74, 6) is 0.0397. The summed E-state index contributed by atoms with van der Waals surface area (Å²) in [7, 11) is 1.98. The first-order valence-electron chi connectivity index (χ1n) is 9.39. The van der Waals surface area contributed by atoms with Crippen LogP contribution in [-0.4, -0.2) is 29.4 Å². The lowest BCUT2D eigenvalue weighted by Crippen LogP contribution is -2.38. The van der Waals surface area contributed by atoms with Crippen LogP contribution < -0.4 is 5.32 Å². The summed E-state index contributed by atoms with van der Waals surface area (Å²) >= 11 is 1.69. The van der Waals surface area contributed by atoms with Gasteiger partial charge in [-0.15, -0.1) is 11.3 Å². The van der Waals surface area contributed by atoms with E-state index < -0.39 is 0 Å². The fourth-order valence-corrected chi connectivity index (χ4v) is 4.17. The van der Waals surface area contributed by atoms with Crippen LogP contribution >= 0.6 is 11.3 Å². The van der Waals surface area contributed by atoms with Gasteiger partial charge in [0.2, 0.25) is 5.91 Å². The minimum absolute atomic E-state index is 0.0397. The monoisotopic (exact) mass is 381 g/mol. The second-order valence-corrected chi connectivity index (χ2v) is 8.11. The van der Waals surface area contributed by atoms with Crippen LogP contribution in [0, 0.1) is 6.92 Å². The highest BCUT2D eigenvalue weighted by molar-refractivity contribution is 7.18. The summed E-state index contributed by atoms with van der Waals surface area (Å²) in [6, 6.07) is 16.7. The molecule has 0 spiro atoms. The maximum Gasteiger partial charge on any atom is 0.234 e. The molecule has 0 fully saturated rings. The Morgan fingerprint density at radius 2 is 1.89 bits per heavy atom. The molecular weight excluding hydrogens is 354 g/mol. The van der Waals surface area contributed by atoms with Crippen LogP contribution in [0.5, 0.6) is 0 Å². The molecular formula is C22H27N3OS. The molecule has 27 heavy (non-hydrogen) atoms. The third kappa shape index (κ3) is 4.73. The molecule has 1 aromatic heterocycles. The van der Waals surface area contributed by atoms with Crippen LogP contribution in [0.2, 0.25) is 0 Å². The van der Waals surface area contributed by atoms with Crippen LogP contribution in [0.4, 0.5) is 0 Å². The largest absolute Gasteiger partial charge is 0.348 e. The molecule has 0 aliphatic rings. The number of hydrogen-bond donors (Lipinski definition) is 1. The van der Waals surface area contributed by atoms with Gasteiger partial charge in [0, 0.05) is 0 Å². The Hall–Kier alpha value is -2.24. The van der Waals surface area contributed by atoms with Gasteiger partial charge in [0.1, 0.15) is 5.01 Å². The van der Waals surface area contributed by atoms with Crippen LogP contribution in [0.15, 0.2) is 48.5 Å². The molecule has 2 atom stereocenters. The molecule has 0 saturated heterocycles. The third-order valence-corrected chi connectivity index (χ3v) is 6.15. The molecule has 4 nitrogen and oxygen atoms in total. The topological polar surface area (TPSA) is 45.2 Å². The molecule has 2 aromatic carbocycles. The molecule has 1 amide bonds. The lowest BCUT2D eigenvalue weighted by molar-refractivity contribution is -0.123. The highest BCUT2D eigenvalue weighted by Gasteiger charge is 2.20. The van der Waals surface area contributed by atoms with E-state index in [0.29, 0.717) is 6.54 Å². The van der Waals surface area contributed by atoms with Gasteiger partial charge in [-0.2, -0.15) is 0 Å². The molecule has 0 aliphatic heterocycles. The zero-order valence-corrected chi connectivity index (χ0v) is 17.2.